The van der Waals surface area contributed by atoms with Crippen molar-refractivity contribution in [2.45, 2.75) is 13.0 Å². The molecule has 0 unspecified atom stereocenters. The van der Waals surface area contributed by atoms with Crippen LogP contribution in [0.25, 0.3) is 0 Å². The molecule has 5 heteroatoms. The lowest BCUT2D eigenvalue weighted by Crippen LogP contribution is -2.12. The van der Waals surface area contributed by atoms with Crippen LogP contribution < -0.4 is 5.73 Å². The highest BCUT2D eigenvalue weighted by Gasteiger charge is 2.06. The smallest absolute Gasteiger partial charge is 0.133 e. The molecule has 2 rings (SSSR count). The largest absolute Gasteiger partial charge is 0.389 e. The van der Waals surface area contributed by atoms with Gasteiger partial charge in [-0.05, 0) is 29.8 Å². The quantitative estimate of drug-likeness (QED) is 0.656. The van der Waals surface area contributed by atoms with Gasteiger partial charge in [-0.2, -0.15) is 0 Å². The first-order valence-electron chi connectivity index (χ1n) is 6.22. The second kappa shape index (κ2) is 7.07. The summed E-state index contributed by atoms with van der Waals surface area (Å²) >= 11 is 4.80. The number of rotatable bonds is 6. The Kier molecular flexibility index (Phi) is 5.15. The molecule has 0 radical (unpaired) electrons. The van der Waals surface area contributed by atoms with Crippen molar-refractivity contribution in [1.29, 1.82) is 0 Å². The number of ether oxygens (including phenoxy) is 1. The summed E-state index contributed by atoms with van der Waals surface area (Å²) in [4.78, 5) is 4.26. The monoisotopic (exact) mass is 290 g/mol. The van der Waals surface area contributed by atoms with Crippen molar-refractivity contribution in [3.05, 3.63) is 65.2 Å². The third kappa shape index (κ3) is 4.08. The molecular weight excluding hydrogens is 275 g/mol. The molecule has 0 bridgehead atoms. The molecule has 0 saturated carbocycles. The molecule has 2 N–H and O–H groups in total. The van der Waals surface area contributed by atoms with Gasteiger partial charge < -0.3 is 10.5 Å². The molecule has 1 heterocycles. The number of thiocarbonyl (C=S) groups is 1. The molecule has 0 spiro atoms. The van der Waals surface area contributed by atoms with E-state index in [4.69, 9.17) is 22.7 Å². The number of hydrogen-bond acceptors (Lipinski definition) is 3. The molecule has 0 aliphatic carbocycles. The van der Waals surface area contributed by atoms with Crippen LogP contribution in [0.4, 0.5) is 4.39 Å². The lowest BCUT2D eigenvalue weighted by molar-refractivity contribution is 0.123. The fourth-order valence-electron chi connectivity index (χ4n) is 1.76. The van der Waals surface area contributed by atoms with E-state index in [1.165, 1.54) is 6.07 Å². The summed E-state index contributed by atoms with van der Waals surface area (Å²) in [5.41, 5.74) is 7.54. The molecule has 0 aliphatic heterocycles. The molecule has 0 aliphatic rings. The average Bonchev–Trinajstić information content (AvgIpc) is 2.46. The first kappa shape index (κ1) is 14.6. The van der Waals surface area contributed by atoms with E-state index in [1.807, 2.05) is 18.2 Å². The molecular formula is C15H15FN2OS. The van der Waals surface area contributed by atoms with Crippen molar-refractivity contribution in [1.82, 2.24) is 4.98 Å². The van der Waals surface area contributed by atoms with Gasteiger partial charge in [-0.3, -0.25) is 4.98 Å². The van der Waals surface area contributed by atoms with E-state index in [0.29, 0.717) is 13.2 Å². The molecule has 0 atom stereocenters. The normalized spacial score (nSPS) is 10.4. The Bertz CT molecular complexity index is 590. The Labute approximate surface area is 122 Å². The fourth-order valence-corrected chi connectivity index (χ4v) is 1.92. The topological polar surface area (TPSA) is 48.1 Å². The summed E-state index contributed by atoms with van der Waals surface area (Å²) in [6, 6.07) is 10.4. The van der Waals surface area contributed by atoms with Crippen LogP contribution in [0.5, 0.6) is 0 Å². The number of pyridine rings is 1. The molecule has 20 heavy (non-hydrogen) atoms. The van der Waals surface area contributed by atoms with Crippen molar-refractivity contribution >= 4 is 17.2 Å². The van der Waals surface area contributed by atoms with Crippen LogP contribution in [-0.2, 0) is 17.8 Å². The maximum absolute atomic E-state index is 13.4. The van der Waals surface area contributed by atoms with E-state index < -0.39 is 5.82 Å². The number of aromatic nitrogens is 1. The van der Waals surface area contributed by atoms with Crippen LogP contribution in [0.1, 0.15) is 16.8 Å². The van der Waals surface area contributed by atoms with Gasteiger partial charge in [0.15, 0.2) is 0 Å². The minimum Gasteiger partial charge on any atom is -0.389 e. The zero-order valence-corrected chi connectivity index (χ0v) is 11.7. The summed E-state index contributed by atoms with van der Waals surface area (Å²) < 4.78 is 19.0. The van der Waals surface area contributed by atoms with Crippen LogP contribution >= 0.6 is 12.2 Å². The zero-order chi connectivity index (χ0) is 14.4. The summed E-state index contributed by atoms with van der Waals surface area (Å²) in [7, 11) is 0. The molecule has 2 aromatic rings. The second-order valence-corrected chi connectivity index (χ2v) is 4.74. The van der Waals surface area contributed by atoms with Gasteiger partial charge in [0, 0.05) is 23.9 Å². The highest BCUT2D eigenvalue weighted by molar-refractivity contribution is 7.80. The Hall–Kier alpha value is -1.85. The number of halogens is 1. The maximum Gasteiger partial charge on any atom is 0.133 e. The van der Waals surface area contributed by atoms with Crippen LogP contribution in [0.2, 0.25) is 0 Å². The predicted molar refractivity (Wildman–Crippen MR) is 79.9 cm³/mol. The lowest BCUT2D eigenvalue weighted by atomic mass is 10.1. The van der Waals surface area contributed by atoms with Crippen molar-refractivity contribution < 1.29 is 9.13 Å². The minimum atomic E-state index is -0.408. The van der Waals surface area contributed by atoms with Crippen molar-refractivity contribution in [3.8, 4) is 0 Å². The molecule has 0 amide bonds. The van der Waals surface area contributed by atoms with Crippen molar-refractivity contribution in [2.24, 2.45) is 5.73 Å². The second-order valence-electron chi connectivity index (χ2n) is 4.30. The predicted octanol–water partition coefficient (Wildman–Crippen LogP) is 2.61. The SMILES string of the molecule is NC(=S)c1cc(COCCc2ccccn2)ccc1F. The summed E-state index contributed by atoms with van der Waals surface area (Å²) in [6.07, 6.45) is 2.49. The van der Waals surface area contributed by atoms with E-state index in [1.54, 1.807) is 18.3 Å². The number of nitrogens with zero attached hydrogens (tertiary/aromatic N) is 1. The molecule has 0 fully saturated rings. The number of nitrogens with two attached hydrogens (primary N) is 1. The van der Waals surface area contributed by atoms with Crippen LogP contribution in [0.3, 0.4) is 0 Å². The summed E-state index contributed by atoms with van der Waals surface area (Å²) in [5.74, 6) is -0.408. The Morgan fingerprint density at radius 1 is 1.30 bits per heavy atom. The lowest BCUT2D eigenvalue weighted by Gasteiger charge is -2.07. The van der Waals surface area contributed by atoms with Crippen LogP contribution in [0, 0.1) is 5.82 Å². The molecule has 3 nitrogen and oxygen atoms in total. The first-order chi connectivity index (χ1) is 9.66. The van der Waals surface area contributed by atoms with Gasteiger partial charge in [0.2, 0.25) is 0 Å². The van der Waals surface area contributed by atoms with Crippen molar-refractivity contribution in [2.75, 3.05) is 6.61 Å². The number of benzene rings is 1. The highest BCUT2D eigenvalue weighted by atomic mass is 32.1. The van der Waals surface area contributed by atoms with Crippen LogP contribution in [-0.4, -0.2) is 16.6 Å². The van der Waals surface area contributed by atoms with Crippen LogP contribution in [0.15, 0.2) is 42.6 Å². The summed E-state index contributed by atoms with van der Waals surface area (Å²) in [6.45, 7) is 0.944. The Morgan fingerprint density at radius 3 is 2.85 bits per heavy atom. The van der Waals surface area contributed by atoms with Gasteiger partial charge >= 0.3 is 0 Å². The van der Waals surface area contributed by atoms with E-state index in [2.05, 4.69) is 4.98 Å². The highest BCUT2D eigenvalue weighted by Crippen LogP contribution is 2.11. The van der Waals surface area contributed by atoms with Gasteiger partial charge in [-0.1, -0.05) is 24.4 Å². The standard InChI is InChI=1S/C15H15FN2OS/c16-14-5-4-11(9-13(14)15(17)20)10-19-8-6-12-3-1-2-7-18-12/h1-5,7,9H,6,8,10H2,(H2,17,20). The molecule has 1 aromatic carbocycles. The summed E-state index contributed by atoms with van der Waals surface area (Å²) in [5, 5.41) is 0. The van der Waals surface area contributed by atoms with Gasteiger partial charge in [-0.25, -0.2) is 4.39 Å². The van der Waals surface area contributed by atoms with E-state index in [0.717, 1.165) is 17.7 Å². The third-order valence-corrected chi connectivity index (χ3v) is 3.01. The molecule has 0 saturated heterocycles. The van der Waals surface area contributed by atoms with E-state index in [9.17, 15) is 4.39 Å². The van der Waals surface area contributed by atoms with Gasteiger partial charge in [0.1, 0.15) is 10.8 Å². The van der Waals surface area contributed by atoms with Gasteiger partial charge in [0.25, 0.3) is 0 Å². The Morgan fingerprint density at radius 2 is 2.15 bits per heavy atom. The zero-order valence-electron chi connectivity index (χ0n) is 10.9. The minimum absolute atomic E-state index is 0.0536. The molecule has 1 aromatic heterocycles. The average molecular weight is 290 g/mol. The fraction of sp³-hybridized carbons (Fsp3) is 0.200. The Balaban J connectivity index is 1.85. The first-order valence-corrected chi connectivity index (χ1v) is 6.63. The maximum atomic E-state index is 13.4. The third-order valence-electron chi connectivity index (χ3n) is 2.79. The van der Waals surface area contributed by atoms with Gasteiger partial charge in [0.05, 0.1) is 13.2 Å². The van der Waals surface area contributed by atoms with E-state index in [-0.39, 0.29) is 10.6 Å². The van der Waals surface area contributed by atoms with Crippen molar-refractivity contribution in [3.63, 3.8) is 0 Å². The van der Waals surface area contributed by atoms with E-state index >= 15 is 0 Å². The molecule has 104 valence electrons. The number of hydrogen-bond donors (Lipinski definition) is 1. The van der Waals surface area contributed by atoms with Gasteiger partial charge in [-0.15, -0.1) is 0 Å².